The summed E-state index contributed by atoms with van der Waals surface area (Å²) in [7, 11) is -3.75. The van der Waals surface area contributed by atoms with Crippen molar-refractivity contribution in [1.82, 2.24) is 0 Å². The van der Waals surface area contributed by atoms with Crippen molar-refractivity contribution < 1.29 is 30.6 Å². The molecule has 8 heteroatoms. The van der Waals surface area contributed by atoms with Crippen LogP contribution in [0.2, 0.25) is 0 Å². The monoisotopic (exact) mass is 268 g/mol. The standard InChI is InChI=1S/C9H7F3O4S/c1-17(14,15)16-7-4-2-6(3-5-7)8(13)9(10,11)12/h2-5H,1H3. The van der Waals surface area contributed by atoms with E-state index in [1.165, 1.54) is 0 Å². The highest BCUT2D eigenvalue weighted by molar-refractivity contribution is 7.86. The van der Waals surface area contributed by atoms with E-state index in [1.807, 2.05) is 0 Å². The van der Waals surface area contributed by atoms with Gasteiger partial charge in [-0.15, -0.1) is 0 Å². The molecule has 0 fully saturated rings. The Kier molecular flexibility index (Phi) is 3.46. The first kappa shape index (κ1) is 13.5. The highest BCUT2D eigenvalue weighted by atomic mass is 32.2. The van der Waals surface area contributed by atoms with Crippen molar-refractivity contribution in [2.75, 3.05) is 6.26 Å². The molecule has 0 bridgehead atoms. The number of Topliss-reactive ketones (excluding diaryl/α,β-unsaturated/α-hetero) is 1. The predicted octanol–water partition coefficient (Wildman–Crippen LogP) is 1.77. The highest BCUT2D eigenvalue weighted by Gasteiger charge is 2.39. The second-order valence-corrected chi connectivity index (χ2v) is 4.71. The minimum atomic E-state index is -4.96. The Hall–Kier alpha value is -1.57. The lowest BCUT2D eigenvalue weighted by Gasteiger charge is -2.06. The average molecular weight is 268 g/mol. The van der Waals surface area contributed by atoms with E-state index >= 15 is 0 Å². The van der Waals surface area contributed by atoms with E-state index in [4.69, 9.17) is 0 Å². The number of halogens is 3. The van der Waals surface area contributed by atoms with E-state index in [2.05, 4.69) is 4.18 Å². The van der Waals surface area contributed by atoms with Crippen LogP contribution in [-0.4, -0.2) is 26.6 Å². The molecule has 94 valence electrons. The Morgan fingerprint density at radius 2 is 1.65 bits per heavy atom. The van der Waals surface area contributed by atoms with Gasteiger partial charge in [0.05, 0.1) is 6.26 Å². The van der Waals surface area contributed by atoms with E-state index in [0.29, 0.717) is 0 Å². The fourth-order valence-electron chi connectivity index (χ4n) is 1.00. The molecular weight excluding hydrogens is 261 g/mol. The summed E-state index contributed by atoms with van der Waals surface area (Å²) >= 11 is 0. The minimum Gasteiger partial charge on any atom is -0.383 e. The average Bonchev–Trinajstić information content (AvgIpc) is 2.14. The topological polar surface area (TPSA) is 60.4 Å². The summed E-state index contributed by atoms with van der Waals surface area (Å²) in [5.41, 5.74) is -0.585. The van der Waals surface area contributed by atoms with Crippen LogP contribution in [0.4, 0.5) is 13.2 Å². The van der Waals surface area contributed by atoms with Crippen LogP contribution in [0.1, 0.15) is 10.4 Å². The zero-order valence-electron chi connectivity index (χ0n) is 8.48. The van der Waals surface area contributed by atoms with E-state index in [0.717, 1.165) is 30.5 Å². The summed E-state index contributed by atoms with van der Waals surface area (Å²) in [6.07, 6.45) is -4.17. The van der Waals surface area contributed by atoms with Gasteiger partial charge < -0.3 is 4.18 Å². The lowest BCUT2D eigenvalue weighted by molar-refractivity contribution is -0.0885. The highest BCUT2D eigenvalue weighted by Crippen LogP contribution is 2.23. The third-order valence-electron chi connectivity index (χ3n) is 1.62. The summed E-state index contributed by atoms with van der Waals surface area (Å²) in [4.78, 5) is 10.8. The van der Waals surface area contributed by atoms with Crippen molar-refractivity contribution in [3.63, 3.8) is 0 Å². The van der Waals surface area contributed by atoms with Crippen LogP contribution in [0.3, 0.4) is 0 Å². The number of benzene rings is 1. The lowest BCUT2D eigenvalue weighted by Crippen LogP contribution is -2.22. The van der Waals surface area contributed by atoms with Crippen molar-refractivity contribution >= 4 is 15.9 Å². The van der Waals surface area contributed by atoms with Gasteiger partial charge in [-0.25, -0.2) is 0 Å². The van der Waals surface area contributed by atoms with Gasteiger partial charge in [0.15, 0.2) is 0 Å². The molecule has 0 saturated carbocycles. The molecule has 1 aromatic carbocycles. The summed E-state index contributed by atoms with van der Waals surface area (Å²) in [5.74, 6) is -2.16. The molecule has 4 nitrogen and oxygen atoms in total. The number of hydrogen-bond acceptors (Lipinski definition) is 4. The molecule has 0 aliphatic rings. The van der Waals surface area contributed by atoms with Crippen molar-refractivity contribution in [1.29, 1.82) is 0 Å². The maximum absolute atomic E-state index is 12.0. The van der Waals surface area contributed by atoms with Crippen LogP contribution in [0.5, 0.6) is 5.75 Å². The molecule has 0 saturated heterocycles. The molecule has 1 aromatic rings. The SMILES string of the molecule is CS(=O)(=O)Oc1ccc(C(=O)C(F)(F)F)cc1. The number of hydrogen-bond donors (Lipinski definition) is 0. The Labute approximate surface area is 95.1 Å². The van der Waals surface area contributed by atoms with E-state index < -0.39 is 27.6 Å². The first-order chi connectivity index (χ1) is 7.59. The number of carbonyl (C=O) groups excluding carboxylic acids is 1. The summed E-state index contributed by atoms with van der Waals surface area (Å²) < 4.78 is 61.9. The van der Waals surface area contributed by atoms with E-state index in [-0.39, 0.29) is 5.75 Å². The molecule has 0 unspecified atom stereocenters. The maximum atomic E-state index is 12.0. The van der Waals surface area contributed by atoms with Gasteiger partial charge in [0.25, 0.3) is 5.78 Å². The summed E-state index contributed by atoms with van der Waals surface area (Å²) in [6, 6.07) is 3.63. The third kappa shape index (κ3) is 4.06. The second kappa shape index (κ2) is 4.36. The van der Waals surface area contributed by atoms with Crippen LogP contribution in [0.25, 0.3) is 0 Å². The summed E-state index contributed by atoms with van der Waals surface area (Å²) in [5, 5.41) is 0. The van der Waals surface area contributed by atoms with Gasteiger partial charge in [-0.05, 0) is 24.3 Å². The molecule has 1 rings (SSSR count). The van der Waals surface area contributed by atoms with Crippen LogP contribution in [0, 0.1) is 0 Å². The second-order valence-electron chi connectivity index (χ2n) is 3.14. The largest absolute Gasteiger partial charge is 0.454 e. The molecule has 0 atom stereocenters. The third-order valence-corrected chi connectivity index (χ3v) is 2.12. The molecule has 0 N–H and O–H groups in total. The Morgan fingerprint density at radius 1 is 1.18 bits per heavy atom. The number of carbonyl (C=O) groups is 1. The Bertz CT molecular complexity index is 516. The predicted molar refractivity (Wildman–Crippen MR) is 52.3 cm³/mol. The van der Waals surface area contributed by atoms with Crippen LogP contribution in [-0.2, 0) is 10.1 Å². The van der Waals surface area contributed by atoms with Gasteiger partial charge in [-0.3, -0.25) is 4.79 Å². The van der Waals surface area contributed by atoms with Crippen LogP contribution in [0.15, 0.2) is 24.3 Å². The first-order valence-electron chi connectivity index (χ1n) is 4.20. The smallest absolute Gasteiger partial charge is 0.383 e. The first-order valence-corrected chi connectivity index (χ1v) is 6.02. The summed E-state index contributed by atoms with van der Waals surface area (Å²) in [6.45, 7) is 0. The molecule has 0 radical (unpaired) electrons. The quantitative estimate of drug-likeness (QED) is 0.619. The molecule has 0 spiro atoms. The normalized spacial score (nSPS) is 12.2. The molecule has 0 aliphatic heterocycles. The molecular formula is C9H7F3O4S. The zero-order valence-corrected chi connectivity index (χ0v) is 9.30. The zero-order chi connectivity index (χ0) is 13.3. The molecule has 17 heavy (non-hydrogen) atoms. The van der Waals surface area contributed by atoms with Gasteiger partial charge in [0.1, 0.15) is 5.75 Å². The van der Waals surface area contributed by atoms with Gasteiger partial charge in [-0.2, -0.15) is 21.6 Å². The van der Waals surface area contributed by atoms with Crippen molar-refractivity contribution in [2.45, 2.75) is 6.18 Å². The fraction of sp³-hybridized carbons (Fsp3) is 0.222. The van der Waals surface area contributed by atoms with Gasteiger partial charge in [0.2, 0.25) is 0 Å². The molecule has 0 aromatic heterocycles. The Morgan fingerprint density at radius 3 is 2.00 bits per heavy atom. The Balaban J connectivity index is 2.93. The van der Waals surface area contributed by atoms with Gasteiger partial charge >= 0.3 is 16.3 Å². The van der Waals surface area contributed by atoms with Crippen LogP contribution < -0.4 is 4.18 Å². The van der Waals surface area contributed by atoms with Gasteiger partial charge in [0, 0.05) is 5.56 Å². The lowest BCUT2D eigenvalue weighted by atomic mass is 10.1. The van der Waals surface area contributed by atoms with E-state index in [1.54, 1.807) is 0 Å². The minimum absolute atomic E-state index is 0.161. The number of ketones is 1. The van der Waals surface area contributed by atoms with Crippen molar-refractivity contribution in [3.8, 4) is 5.75 Å². The van der Waals surface area contributed by atoms with Crippen LogP contribution >= 0.6 is 0 Å². The number of rotatable bonds is 3. The number of alkyl halides is 3. The van der Waals surface area contributed by atoms with E-state index in [9.17, 15) is 26.4 Å². The molecule has 0 heterocycles. The molecule has 0 amide bonds. The van der Waals surface area contributed by atoms with Crippen molar-refractivity contribution in [3.05, 3.63) is 29.8 Å². The van der Waals surface area contributed by atoms with Crippen molar-refractivity contribution in [2.24, 2.45) is 0 Å². The van der Waals surface area contributed by atoms with Gasteiger partial charge in [-0.1, -0.05) is 0 Å². The molecule has 0 aliphatic carbocycles. The fourth-order valence-corrected chi connectivity index (χ4v) is 1.46. The maximum Gasteiger partial charge on any atom is 0.454 e.